The number of nitrogens with zero attached hydrogens (tertiary/aromatic N) is 1. The van der Waals surface area contributed by atoms with Crippen molar-refractivity contribution in [3.8, 4) is 0 Å². The summed E-state index contributed by atoms with van der Waals surface area (Å²) in [4.78, 5) is 27.4. The van der Waals surface area contributed by atoms with Gasteiger partial charge in [-0.05, 0) is 29.8 Å². The maximum absolute atomic E-state index is 11.7. The Morgan fingerprint density at radius 2 is 1.81 bits per heavy atom. The average Bonchev–Trinajstić information content (AvgIpc) is 2.49. The molecule has 0 aliphatic heterocycles. The highest BCUT2D eigenvalue weighted by Crippen LogP contribution is 2.10. The van der Waals surface area contributed by atoms with Crippen molar-refractivity contribution in [2.45, 2.75) is 6.42 Å². The molecule has 0 radical (unpaired) electrons. The van der Waals surface area contributed by atoms with E-state index in [1.54, 1.807) is 24.4 Å². The van der Waals surface area contributed by atoms with E-state index >= 15 is 0 Å². The molecule has 0 spiro atoms. The van der Waals surface area contributed by atoms with Crippen LogP contribution in [-0.4, -0.2) is 23.3 Å². The van der Waals surface area contributed by atoms with Gasteiger partial charge in [-0.1, -0.05) is 34.1 Å². The van der Waals surface area contributed by atoms with Crippen LogP contribution in [0.25, 0.3) is 0 Å². The van der Waals surface area contributed by atoms with Crippen LogP contribution in [0.1, 0.15) is 5.56 Å². The topological polar surface area (TPSA) is 71.1 Å². The van der Waals surface area contributed by atoms with Crippen molar-refractivity contribution in [2.75, 3.05) is 11.9 Å². The predicted octanol–water partition coefficient (Wildman–Crippen LogP) is 2.14. The fourth-order valence-electron chi connectivity index (χ4n) is 1.65. The van der Waals surface area contributed by atoms with Gasteiger partial charge in [-0.2, -0.15) is 0 Å². The van der Waals surface area contributed by atoms with Crippen molar-refractivity contribution < 1.29 is 9.59 Å². The Labute approximate surface area is 130 Å². The quantitative estimate of drug-likeness (QED) is 0.870. The number of rotatable bonds is 5. The maximum atomic E-state index is 11.7. The molecule has 5 nitrogen and oxygen atoms in total. The summed E-state index contributed by atoms with van der Waals surface area (Å²) in [5.74, 6) is -0.0454. The zero-order valence-corrected chi connectivity index (χ0v) is 12.8. The van der Waals surface area contributed by atoms with Gasteiger partial charge in [0.15, 0.2) is 0 Å². The second kappa shape index (κ2) is 7.54. The molecule has 1 heterocycles. The summed E-state index contributed by atoms with van der Waals surface area (Å²) in [6, 6.07) is 12.7. The Balaban J connectivity index is 1.76. The molecule has 6 heteroatoms. The molecule has 2 aromatic rings. The van der Waals surface area contributed by atoms with Crippen LogP contribution in [0.2, 0.25) is 0 Å². The Hall–Kier alpha value is -2.21. The first-order valence-corrected chi connectivity index (χ1v) is 7.15. The number of amides is 2. The third-order valence-corrected chi connectivity index (χ3v) is 3.19. The Bertz CT molecular complexity index is 615. The van der Waals surface area contributed by atoms with E-state index in [0.717, 1.165) is 10.0 Å². The first-order chi connectivity index (χ1) is 10.1. The van der Waals surface area contributed by atoms with Crippen LogP contribution >= 0.6 is 15.9 Å². The summed E-state index contributed by atoms with van der Waals surface area (Å²) in [7, 11) is 0. The highest BCUT2D eigenvalue weighted by atomic mass is 79.9. The summed E-state index contributed by atoms with van der Waals surface area (Å²) in [5, 5.41) is 5.17. The molecule has 0 unspecified atom stereocenters. The number of pyridine rings is 1. The number of hydrogen-bond acceptors (Lipinski definition) is 3. The van der Waals surface area contributed by atoms with Crippen LogP contribution in [0.3, 0.4) is 0 Å². The minimum atomic E-state index is -0.308. The van der Waals surface area contributed by atoms with Crippen molar-refractivity contribution >= 4 is 33.6 Å². The lowest BCUT2D eigenvalue weighted by molar-refractivity contribution is -0.123. The molecule has 0 atom stereocenters. The molecule has 21 heavy (non-hydrogen) atoms. The molecule has 2 amide bonds. The van der Waals surface area contributed by atoms with E-state index in [0.29, 0.717) is 5.82 Å². The third kappa shape index (κ3) is 5.35. The fraction of sp³-hybridized carbons (Fsp3) is 0.133. The van der Waals surface area contributed by atoms with Crippen molar-refractivity contribution in [3.63, 3.8) is 0 Å². The molecule has 1 aromatic carbocycles. The van der Waals surface area contributed by atoms with Crippen LogP contribution in [0, 0.1) is 0 Å². The second-order valence-corrected chi connectivity index (χ2v) is 5.26. The Kier molecular flexibility index (Phi) is 5.45. The van der Waals surface area contributed by atoms with Gasteiger partial charge in [-0.3, -0.25) is 9.59 Å². The molecule has 0 saturated heterocycles. The monoisotopic (exact) mass is 347 g/mol. The number of halogens is 1. The van der Waals surface area contributed by atoms with Crippen LogP contribution < -0.4 is 10.6 Å². The van der Waals surface area contributed by atoms with Gasteiger partial charge in [-0.25, -0.2) is 4.98 Å². The van der Waals surface area contributed by atoms with E-state index in [1.807, 2.05) is 24.3 Å². The summed E-state index contributed by atoms with van der Waals surface area (Å²) in [6.07, 6.45) is 1.83. The van der Waals surface area contributed by atoms with E-state index in [4.69, 9.17) is 0 Å². The fourth-order valence-corrected chi connectivity index (χ4v) is 1.92. The minimum absolute atomic E-state index is 0.0774. The lowest BCUT2D eigenvalue weighted by atomic mass is 10.1. The molecule has 0 bridgehead atoms. The molecule has 0 saturated carbocycles. The third-order valence-electron chi connectivity index (χ3n) is 2.66. The lowest BCUT2D eigenvalue weighted by Crippen LogP contribution is -2.33. The van der Waals surface area contributed by atoms with Gasteiger partial charge in [0.2, 0.25) is 11.8 Å². The van der Waals surface area contributed by atoms with Gasteiger partial charge in [0, 0.05) is 10.7 Å². The Morgan fingerprint density at radius 3 is 2.48 bits per heavy atom. The first-order valence-electron chi connectivity index (χ1n) is 6.35. The van der Waals surface area contributed by atoms with E-state index < -0.39 is 0 Å². The van der Waals surface area contributed by atoms with Crippen LogP contribution in [0.4, 0.5) is 5.82 Å². The molecular weight excluding hydrogens is 334 g/mol. The van der Waals surface area contributed by atoms with Crippen molar-refractivity contribution in [2.24, 2.45) is 0 Å². The molecule has 0 aliphatic carbocycles. The highest BCUT2D eigenvalue weighted by Gasteiger charge is 2.07. The van der Waals surface area contributed by atoms with Gasteiger partial charge in [0.1, 0.15) is 5.82 Å². The zero-order valence-electron chi connectivity index (χ0n) is 11.2. The zero-order chi connectivity index (χ0) is 15.1. The number of nitrogens with one attached hydrogen (secondary N) is 2. The van der Waals surface area contributed by atoms with E-state index in [2.05, 4.69) is 31.5 Å². The predicted molar refractivity (Wildman–Crippen MR) is 83.7 cm³/mol. The van der Waals surface area contributed by atoms with Gasteiger partial charge >= 0.3 is 0 Å². The number of carbonyl (C=O) groups excluding carboxylic acids is 2. The largest absolute Gasteiger partial charge is 0.347 e. The van der Waals surface area contributed by atoms with Crippen molar-refractivity contribution in [1.82, 2.24) is 10.3 Å². The summed E-state index contributed by atoms with van der Waals surface area (Å²) in [5.41, 5.74) is 0.890. The van der Waals surface area contributed by atoms with E-state index in [1.165, 1.54) is 0 Å². The molecule has 108 valence electrons. The first kappa shape index (κ1) is 15.2. The SMILES string of the molecule is O=C(Cc1ccc(Br)cc1)NCC(=O)Nc1ccccn1. The molecule has 2 rings (SSSR count). The summed E-state index contributed by atoms with van der Waals surface area (Å²) < 4.78 is 0.960. The number of anilines is 1. The van der Waals surface area contributed by atoms with Crippen molar-refractivity contribution in [1.29, 1.82) is 0 Å². The Morgan fingerprint density at radius 1 is 1.05 bits per heavy atom. The van der Waals surface area contributed by atoms with E-state index in [-0.39, 0.29) is 24.8 Å². The number of carbonyl (C=O) groups is 2. The summed E-state index contributed by atoms with van der Waals surface area (Å²) in [6.45, 7) is -0.0774. The molecular formula is C15H14BrN3O2. The molecule has 0 fully saturated rings. The second-order valence-electron chi connectivity index (χ2n) is 4.34. The van der Waals surface area contributed by atoms with Crippen LogP contribution in [0.15, 0.2) is 53.1 Å². The van der Waals surface area contributed by atoms with Crippen molar-refractivity contribution in [3.05, 3.63) is 58.7 Å². The molecule has 2 N–H and O–H groups in total. The van der Waals surface area contributed by atoms with Gasteiger partial charge in [-0.15, -0.1) is 0 Å². The number of aromatic nitrogens is 1. The van der Waals surface area contributed by atoms with Gasteiger partial charge in [0.25, 0.3) is 0 Å². The number of hydrogen-bond donors (Lipinski definition) is 2. The lowest BCUT2D eigenvalue weighted by Gasteiger charge is -2.06. The average molecular weight is 348 g/mol. The number of benzene rings is 1. The maximum Gasteiger partial charge on any atom is 0.244 e. The van der Waals surface area contributed by atoms with Gasteiger partial charge < -0.3 is 10.6 Å². The standard InChI is InChI=1S/C15H14BrN3O2/c16-12-6-4-11(5-7-12)9-14(20)18-10-15(21)19-13-3-1-2-8-17-13/h1-8H,9-10H2,(H,18,20)(H,17,19,21). The van der Waals surface area contributed by atoms with Crippen LogP contribution in [-0.2, 0) is 16.0 Å². The molecule has 1 aromatic heterocycles. The van der Waals surface area contributed by atoms with Crippen LogP contribution in [0.5, 0.6) is 0 Å². The molecule has 0 aliphatic rings. The summed E-state index contributed by atoms with van der Waals surface area (Å²) >= 11 is 3.33. The minimum Gasteiger partial charge on any atom is -0.347 e. The smallest absolute Gasteiger partial charge is 0.244 e. The normalized spacial score (nSPS) is 9.95. The highest BCUT2D eigenvalue weighted by molar-refractivity contribution is 9.10. The van der Waals surface area contributed by atoms with Gasteiger partial charge in [0.05, 0.1) is 13.0 Å². The van der Waals surface area contributed by atoms with E-state index in [9.17, 15) is 9.59 Å².